The second-order valence-corrected chi connectivity index (χ2v) is 5.95. The highest BCUT2D eigenvalue weighted by atomic mass is 32.2. The fourth-order valence-corrected chi connectivity index (χ4v) is 3.57. The molecule has 0 amide bonds. The number of hydrogen-bond donors (Lipinski definition) is 1. The molecule has 0 aromatic rings. The van der Waals surface area contributed by atoms with Gasteiger partial charge in [-0.25, -0.2) is 4.79 Å². The molecule has 0 heterocycles. The summed E-state index contributed by atoms with van der Waals surface area (Å²) in [4.78, 5) is 10.8. The molecule has 1 fully saturated rings. The van der Waals surface area contributed by atoms with Crippen molar-refractivity contribution < 1.29 is 9.90 Å². The van der Waals surface area contributed by atoms with Crippen LogP contribution in [0.5, 0.6) is 0 Å². The lowest BCUT2D eigenvalue weighted by atomic mass is 9.91. The molecule has 0 radical (unpaired) electrons. The van der Waals surface area contributed by atoms with Gasteiger partial charge >= 0.3 is 5.97 Å². The maximum atomic E-state index is 10.8. The van der Waals surface area contributed by atoms with Gasteiger partial charge in [-0.2, -0.15) is 11.8 Å². The number of carbonyl (C=O) groups is 1. The molecule has 1 aliphatic carbocycles. The molecule has 1 rings (SSSR count). The second-order valence-electron chi connectivity index (χ2n) is 4.62. The first-order chi connectivity index (χ1) is 7.63. The average molecular weight is 242 g/mol. The molecular weight excluding hydrogens is 220 g/mol. The minimum absolute atomic E-state index is 0.552. The molecule has 0 spiro atoms. The van der Waals surface area contributed by atoms with Crippen LogP contribution >= 0.6 is 11.8 Å². The van der Waals surface area contributed by atoms with E-state index in [1.165, 1.54) is 25.7 Å². The van der Waals surface area contributed by atoms with E-state index in [2.05, 4.69) is 6.92 Å². The van der Waals surface area contributed by atoms with E-state index >= 15 is 0 Å². The van der Waals surface area contributed by atoms with E-state index in [0.717, 1.165) is 16.9 Å². The fraction of sp³-hybridized carbons (Fsp3) is 0.769. The van der Waals surface area contributed by atoms with Crippen molar-refractivity contribution in [1.82, 2.24) is 0 Å². The molecule has 3 heteroatoms. The molecule has 1 aliphatic rings. The number of carboxylic acid groups (broad SMARTS) is 1. The molecule has 2 atom stereocenters. The van der Waals surface area contributed by atoms with Gasteiger partial charge in [0.2, 0.25) is 0 Å². The molecule has 92 valence electrons. The number of rotatable bonds is 5. The van der Waals surface area contributed by atoms with Crippen molar-refractivity contribution in [1.29, 1.82) is 0 Å². The first-order valence-electron chi connectivity index (χ1n) is 6.17. The summed E-state index contributed by atoms with van der Waals surface area (Å²) in [6, 6.07) is 0. The number of thioether (sulfide) groups is 1. The van der Waals surface area contributed by atoms with Crippen molar-refractivity contribution in [3.8, 4) is 0 Å². The first-order valence-corrected chi connectivity index (χ1v) is 7.22. The van der Waals surface area contributed by atoms with Gasteiger partial charge in [0.15, 0.2) is 0 Å². The van der Waals surface area contributed by atoms with Gasteiger partial charge in [0.1, 0.15) is 0 Å². The predicted molar refractivity (Wildman–Crippen MR) is 69.9 cm³/mol. The smallest absolute Gasteiger partial charge is 0.331 e. The van der Waals surface area contributed by atoms with Crippen molar-refractivity contribution in [3.63, 3.8) is 0 Å². The summed E-state index contributed by atoms with van der Waals surface area (Å²) in [7, 11) is 0. The van der Waals surface area contributed by atoms with E-state index in [1.54, 1.807) is 0 Å². The highest BCUT2D eigenvalue weighted by Gasteiger charge is 2.18. The minimum Gasteiger partial charge on any atom is -0.478 e. The van der Waals surface area contributed by atoms with Crippen LogP contribution in [0.3, 0.4) is 0 Å². The Bertz CT molecular complexity index is 261. The third-order valence-electron chi connectivity index (χ3n) is 3.21. The highest BCUT2D eigenvalue weighted by molar-refractivity contribution is 8.00. The summed E-state index contributed by atoms with van der Waals surface area (Å²) in [5.74, 6) is 0.938. The number of aliphatic carboxylic acids is 1. The molecule has 1 saturated carbocycles. The van der Waals surface area contributed by atoms with E-state index in [0.29, 0.717) is 12.0 Å². The van der Waals surface area contributed by atoms with Gasteiger partial charge in [-0.3, -0.25) is 0 Å². The Balaban J connectivity index is 2.31. The van der Waals surface area contributed by atoms with Crippen molar-refractivity contribution in [2.24, 2.45) is 5.92 Å². The zero-order valence-corrected chi connectivity index (χ0v) is 11.1. The molecule has 1 N–H and O–H groups in total. The highest BCUT2D eigenvalue weighted by Crippen LogP contribution is 2.31. The molecular formula is C13H22O2S. The van der Waals surface area contributed by atoms with E-state index in [-0.39, 0.29) is 0 Å². The quantitative estimate of drug-likeness (QED) is 0.747. The Morgan fingerprint density at radius 2 is 2.25 bits per heavy atom. The number of hydrogen-bond acceptors (Lipinski definition) is 2. The van der Waals surface area contributed by atoms with Gasteiger partial charge in [-0.1, -0.05) is 32.8 Å². The summed E-state index contributed by atoms with van der Waals surface area (Å²) in [6.45, 7) is 4.21. The fourth-order valence-electron chi connectivity index (χ4n) is 2.20. The second kappa shape index (κ2) is 7.00. The Kier molecular flexibility index (Phi) is 5.96. The third-order valence-corrected chi connectivity index (χ3v) is 4.46. The van der Waals surface area contributed by atoms with Gasteiger partial charge < -0.3 is 5.11 Å². The predicted octanol–water partition coefficient (Wildman–Crippen LogP) is 3.72. The SMILES string of the molecule is CCC(=CCSC1CCCC(C)C1)C(=O)O. The summed E-state index contributed by atoms with van der Waals surface area (Å²) >= 11 is 1.92. The van der Waals surface area contributed by atoms with Crippen LogP contribution in [0.1, 0.15) is 46.0 Å². The van der Waals surface area contributed by atoms with E-state index in [1.807, 2.05) is 24.8 Å². The normalized spacial score (nSPS) is 26.8. The van der Waals surface area contributed by atoms with Crippen LogP contribution in [0, 0.1) is 5.92 Å². The third kappa shape index (κ3) is 4.60. The molecule has 0 bridgehead atoms. The first kappa shape index (κ1) is 13.6. The monoisotopic (exact) mass is 242 g/mol. The Hall–Kier alpha value is -0.440. The maximum Gasteiger partial charge on any atom is 0.331 e. The molecule has 0 aliphatic heterocycles. The standard InChI is InChI=1S/C13H22O2S/c1-3-11(13(14)15)7-8-16-12-6-4-5-10(2)9-12/h7,10,12H,3-6,8-9H2,1-2H3,(H,14,15). The molecule has 16 heavy (non-hydrogen) atoms. The Morgan fingerprint density at radius 3 is 2.81 bits per heavy atom. The summed E-state index contributed by atoms with van der Waals surface area (Å²) in [5.41, 5.74) is 0.552. The van der Waals surface area contributed by atoms with Crippen LogP contribution in [0.2, 0.25) is 0 Å². The lowest BCUT2D eigenvalue weighted by Gasteiger charge is -2.25. The average Bonchev–Trinajstić information content (AvgIpc) is 2.24. The van der Waals surface area contributed by atoms with Crippen LogP contribution in [0.4, 0.5) is 0 Å². The van der Waals surface area contributed by atoms with Crippen LogP contribution in [0.15, 0.2) is 11.6 Å². The van der Waals surface area contributed by atoms with Crippen LogP contribution in [-0.4, -0.2) is 22.1 Å². The van der Waals surface area contributed by atoms with E-state index in [4.69, 9.17) is 5.11 Å². The molecule has 0 aromatic carbocycles. The molecule has 2 unspecified atom stereocenters. The summed E-state index contributed by atoms with van der Waals surface area (Å²) < 4.78 is 0. The summed E-state index contributed by atoms with van der Waals surface area (Å²) in [6.07, 6.45) is 7.80. The maximum absolute atomic E-state index is 10.8. The Morgan fingerprint density at radius 1 is 1.50 bits per heavy atom. The lowest BCUT2D eigenvalue weighted by Crippen LogP contribution is -2.15. The van der Waals surface area contributed by atoms with Gasteiger partial charge in [-0.05, 0) is 25.2 Å². The van der Waals surface area contributed by atoms with Crippen molar-refractivity contribution in [2.75, 3.05) is 5.75 Å². The van der Waals surface area contributed by atoms with E-state index in [9.17, 15) is 4.79 Å². The van der Waals surface area contributed by atoms with Gasteiger partial charge in [-0.15, -0.1) is 0 Å². The minimum atomic E-state index is -0.764. The zero-order chi connectivity index (χ0) is 12.0. The topological polar surface area (TPSA) is 37.3 Å². The molecule has 0 saturated heterocycles. The van der Waals surface area contributed by atoms with Crippen LogP contribution in [-0.2, 0) is 4.79 Å². The Labute approximate surface area is 103 Å². The van der Waals surface area contributed by atoms with Crippen LogP contribution < -0.4 is 0 Å². The van der Waals surface area contributed by atoms with E-state index < -0.39 is 5.97 Å². The largest absolute Gasteiger partial charge is 0.478 e. The summed E-state index contributed by atoms with van der Waals surface area (Å²) in [5, 5.41) is 9.62. The van der Waals surface area contributed by atoms with Gasteiger partial charge in [0.05, 0.1) is 0 Å². The van der Waals surface area contributed by atoms with Gasteiger partial charge in [0.25, 0.3) is 0 Å². The van der Waals surface area contributed by atoms with Crippen molar-refractivity contribution >= 4 is 17.7 Å². The van der Waals surface area contributed by atoms with Crippen LogP contribution in [0.25, 0.3) is 0 Å². The zero-order valence-electron chi connectivity index (χ0n) is 10.2. The van der Waals surface area contributed by atoms with Gasteiger partial charge in [0, 0.05) is 16.6 Å². The van der Waals surface area contributed by atoms with Crippen molar-refractivity contribution in [2.45, 2.75) is 51.2 Å². The molecule has 0 aromatic heterocycles. The molecule has 2 nitrogen and oxygen atoms in total. The lowest BCUT2D eigenvalue weighted by molar-refractivity contribution is -0.132. The number of carboxylic acids is 1. The van der Waals surface area contributed by atoms with Crippen molar-refractivity contribution in [3.05, 3.63) is 11.6 Å².